The molecule has 0 N–H and O–H groups in total. The Morgan fingerprint density at radius 3 is 2.65 bits per heavy atom. The minimum Gasteiger partial charge on any atom is -0.324 e. The molecule has 3 aliphatic heterocycles. The van der Waals surface area contributed by atoms with Gasteiger partial charge in [-0.1, -0.05) is 54.1 Å². The molecule has 0 radical (unpaired) electrons. The molecule has 0 fully saturated rings. The summed E-state index contributed by atoms with van der Waals surface area (Å²) >= 11 is 1.46. The Morgan fingerprint density at radius 2 is 1.85 bits per heavy atom. The van der Waals surface area contributed by atoms with E-state index in [9.17, 15) is 9.59 Å². The van der Waals surface area contributed by atoms with Crippen molar-refractivity contribution in [1.82, 2.24) is 19.3 Å². The first-order valence-corrected chi connectivity index (χ1v) is 12.7. The first kappa shape index (κ1) is 22.6. The molecule has 3 heterocycles. The third kappa shape index (κ3) is 4.09. The van der Waals surface area contributed by atoms with Gasteiger partial charge in [0, 0.05) is 17.8 Å². The number of rotatable bonds is 5. The molecule has 0 bridgehead atoms. The molecule has 0 spiro atoms. The van der Waals surface area contributed by atoms with Crippen LogP contribution in [-0.4, -0.2) is 30.4 Å². The Hall–Kier alpha value is -3.19. The zero-order chi connectivity index (χ0) is 23.8. The van der Waals surface area contributed by atoms with Crippen molar-refractivity contribution in [1.29, 1.82) is 0 Å². The molecular formula is C27H28N4O2S. The van der Waals surface area contributed by atoms with Gasteiger partial charge >= 0.3 is 0 Å². The number of aromatic nitrogens is 4. The van der Waals surface area contributed by atoms with Crippen LogP contribution in [0.1, 0.15) is 53.4 Å². The molecule has 2 aromatic rings. The van der Waals surface area contributed by atoms with E-state index in [4.69, 9.17) is 4.98 Å². The van der Waals surface area contributed by atoms with Gasteiger partial charge in [0.05, 0.1) is 10.9 Å². The average Bonchev–Trinajstić information content (AvgIpc) is 3.00. The molecule has 2 aromatic carbocycles. The lowest BCUT2D eigenvalue weighted by Crippen LogP contribution is -2.21. The van der Waals surface area contributed by atoms with Gasteiger partial charge in [-0.3, -0.25) is 9.59 Å². The largest absolute Gasteiger partial charge is 0.324 e. The lowest BCUT2D eigenvalue weighted by atomic mass is 10.0. The van der Waals surface area contributed by atoms with Crippen LogP contribution in [0.4, 0.5) is 0 Å². The summed E-state index contributed by atoms with van der Waals surface area (Å²) in [7, 11) is 0. The summed E-state index contributed by atoms with van der Waals surface area (Å²) in [4.78, 5) is 31.6. The fourth-order valence-electron chi connectivity index (χ4n) is 4.62. The smallest absolute Gasteiger partial charge is 0.284 e. The summed E-state index contributed by atoms with van der Waals surface area (Å²) in [6.45, 7) is 6.71. The molecule has 0 saturated carbocycles. The van der Waals surface area contributed by atoms with Crippen LogP contribution < -0.4 is 5.56 Å². The fraction of sp³-hybridized carbons (Fsp3) is 0.333. The fourth-order valence-corrected chi connectivity index (χ4v) is 5.64. The van der Waals surface area contributed by atoms with Crippen LogP contribution in [0.15, 0.2) is 58.5 Å². The zero-order valence-electron chi connectivity index (χ0n) is 19.7. The van der Waals surface area contributed by atoms with E-state index in [2.05, 4.69) is 9.67 Å². The molecule has 0 amide bonds. The maximum Gasteiger partial charge on any atom is 0.284 e. The Labute approximate surface area is 203 Å². The molecule has 0 aromatic heterocycles. The predicted molar refractivity (Wildman–Crippen MR) is 135 cm³/mol. The Morgan fingerprint density at radius 1 is 1.06 bits per heavy atom. The molecule has 5 rings (SSSR count). The SMILES string of the molecule is Cc1ccc(C)c(C(=O)[C@@H](C)Sc2nc3nn(-c4ccccc4)c(=O)c-3c3n2CCCCC3)c1. The summed E-state index contributed by atoms with van der Waals surface area (Å²) < 4.78 is 3.60. The number of fused-ring (bicyclic) bond motifs is 3. The zero-order valence-corrected chi connectivity index (χ0v) is 20.6. The molecule has 0 aliphatic carbocycles. The summed E-state index contributed by atoms with van der Waals surface area (Å²) in [5.41, 5.74) is 5.00. The second-order valence-electron chi connectivity index (χ2n) is 9.00. The maximum atomic E-state index is 13.4. The summed E-state index contributed by atoms with van der Waals surface area (Å²) in [6, 6.07) is 15.4. The topological polar surface area (TPSA) is 69.8 Å². The van der Waals surface area contributed by atoms with Crippen molar-refractivity contribution in [2.45, 2.75) is 63.4 Å². The first-order chi connectivity index (χ1) is 16.4. The van der Waals surface area contributed by atoms with E-state index in [-0.39, 0.29) is 16.6 Å². The highest BCUT2D eigenvalue weighted by atomic mass is 32.2. The van der Waals surface area contributed by atoms with E-state index in [1.54, 1.807) is 0 Å². The third-order valence-corrected chi connectivity index (χ3v) is 7.57. The van der Waals surface area contributed by atoms with Crippen molar-refractivity contribution in [3.63, 3.8) is 0 Å². The first-order valence-electron chi connectivity index (χ1n) is 11.8. The van der Waals surface area contributed by atoms with Crippen LogP contribution in [0, 0.1) is 13.8 Å². The van der Waals surface area contributed by atoms with Gasteiger partial charge in [0.15, 0.2) is 16.8 Å². The number of carbonyl (C=O) groups excluding carboxylic acids is 1. The number of carbonyl (C=O) groups is 1. The number of ketones is 1. The van der Waals surface area contributed by atoms with Crippen molar-refractivity contribution in [2.24, 2.45) is 0 Å². The van der Waals surface area contributed by atoms with Crippen molar-refractivity contribution < 1.29 is 4.79 Å². The molecule has 1 atom stereocenters. The van der Waals surface area contributed by atoms with Gasteiger partial charge in [-0.25, -0.2) is 4.98 Å². The number of aryl methyl sites for hydroxylation is 2. The van der Waals surface area contributed by atoms with Gasteiger partial charge in [0.1, 0.15) is 5.56 Å². The molecule has 7 heteroatoms. The van der Waals surface area contributed by atoms with Crippen molar-refractivity contribution >= 4 is 17.5 Å². The highest BCUT2D eigenvalue weighted by Gasteiger charge is 2.29. The lowest BCUT2D eigenvalue weighted by Gasteiger charge is -2.20. The van der Waals surface area contributed by atoms with E-state index in [0.717, 1.165) is 65.5 Å². The molecule has 3 aliphatic rings. The van der Waals surface area contributed by atoms with E-state index in [1.807, 2.05) is 69.3 Å². The maximum absolute atomic E-state index is 13.4. The van der Waals surface area contributed by atoms with Crippen LogP contribution in [0.25, 0.3) is 17.1 Å². The normalized spacial score (nSPS) is 14.6. The van der Waals surface area contributed by atoms with Gasteiger partial charge in [-0.15, -0.1) is 5.10 Å². The number of Topliss-reactive ketones (excluding diaryl/α,β-unsaturated/α-hetero) is 1. The second kappa shape index (κ2) is 9.22. The van der Waals surface area contributed by atoms with Crippen LogP contribution in [0.5, 0.6) is 0 Å². The highest BCUT2D eigenvalue weighted by molar-refractivity contribution is 8.00. The molecule has 34 heavy (non-hydrogen) atoms. The number of para-hydroxylation sites is 1. The van der Waals surface area contributed by atoms with Crippen LogP contribution in [0.3, 0.4) is 0 Å². The van der Waals surface area contributed by atoms with Gasteiger partial charge in [-0.05, 0) is 63.8 Å². The number of thioether (sulfide) groups is 1. The standard InChI is InChI=1S/C27H28N4O2S/c1-17-13-14-18(2)21(16-17)24(32)19(3)34-27-28-25-23(22-12-8-5-9-15-30(22)27)26(33)31(29-25)20-10-6-4-7-11-20/h4,6-7,10-11,13-14,16,19H,5,8-9,12,15H2,1-3H3/t19-/m1/s1. The van der Waals surface area contributed by atoms with Gasteiger partial charge in [0.25, 0.3) is 5.56 Å². The van der Waals surface area contributed by atoms with E-state index in [0.29, 0.717) is 11.4 Å². The van der Waals surface area contributed by atoms with Crippen LogP contribution in [-0.2, 0) is 13.0 Å². The molecule has 174 valence electrons. The van der Waals surface area contributed by atoms with Crippen molar-refractivity contribution in [2.75, 3.05) is 0 Å². The number of hydrogen-bond acceptors (Lipinski definition) is 5. The van der Waals surface area contributed by atoms with Gasteiger partial charge < -0.3 is 4.57 Å². The highest BCUT2D eigenvalue weighted by Crippen LogP contribution is 2.33. The minimum atomic E-state index is -0.312. The van der Waals surface area contributed by atoms with Gasteiger partial charge in [0.2, 0.25) is 0 Å². The van der Waals surface area contributed by atoms with Gasteiger partial charge in [-0.2, -0.15) is 4.68 Å². The number of benzene rings is 2. The predicted octanol–water partition coefficient (Wildman–Crippen LogP) is 5.24. The summed E-state index contributed by atoms with van der Waals surface area (Å²) in [6.07, 6.45) is 3.96. The number of hydrogen-bond donors (Lipinski definition) is 0. The third-order valence-electron chi connectivity index (χ3n) is 6.48. The van der Waals surface area contributed by atoms with Crippen molar-refractivity contribution in [3.8, 4) is 17.1 Å². The monoisotopic (exact) mass is 472 g/mol. The molecule has 0 saturated heterocycles. The quantitative estimate of drug-likeness (QED) is 0.226. The van der Waals surface area contributed by atoms with Crippen LogP contribution in [0.2, 0.25) is 0 Å². The summed E-state index contributed by atoms with van der Waals surface area (Å²) in [5, 5.41) is 5.05. The van der Waals surface area contributed by atoms with E-state index >= 15 is 0 Å². The second-order valence-corrected chi connectivity index (χ2v) is 10.3. The molecular weight excluding hydrogens is 444 g/mol. The van der Waals surface area contributed by atoms with Crippen LogP contribution >= 0.6 is 11.8 Å². The molecule has 6 nitrogen and oxygen atoms in total. The Bertz CT molecular complexity index is 1390. The average molecular weight is 473 g/mol. The summed E-state index contributed by atoms with van der Waals surface area (Å²) in [5.74, 6) is 0.547. The number of nitrogens with zero attached hydrogens (tertiary/aromatic N) is 4. The Kier molecular flexibility index (Phi) is 6.13. The molecule has 0 unspecified atom stereocenters. The van der Waals surface area contributed by atoms with E-state index in [1.165, 1.54) is 16.4 Å². The van der Waals surface area contributed by atoms with Crippen molar-refractivity contribution in [3.05, 3.63) is 81.3 Å². The minimum absolute atomic E-state index is 0.0930. The van der Waals surface area contributed by atoms with E-state index < -0.39 is 0 Å². The Balaban J connectivity index is 1.59. The lowest BCUT2D eigenvalue weighted by molar-refractivity contribution is 0.0993.